The maximum atomic E-state index is 12.3. The number of carbonyl (C=O) groups excluding carboxylic acids is 1. The molecule has 3 rings (SSSR count). The van der Waals surface area contributed by atoms with Crippen LogP contribution in [0.4, 0.5) is 4.79 Å². The lowest BCUT2D eigenvalue weighted by molar-refractivity contribution is -0.139. The Morgan fingerprint density at radius 3 is 2.19 bits per heavy atom. The van der Waals surface area contributed by atoms with E-state index < -0.39 is 42.0 Å². The number of carboxylic acid groups (broad SMARTS) is 1. The summed E-state index contributed by atoms with van der Waals surface area (Å²) in [6.45, 7) is 13.3. The van der Waals surface area contributed by atoms with Crippen molar-refractivity contribution < 1.29 is 33.5 Å². The van der Waals surface area contributed by atoms with Crippen LogP contribution in [0.15, 0.2) is 48.5 Å². The van der Waals surface area contributed by atoms with Crippen LogP contribution in [0, 0.1) is 0 Å². The second-order valence-electron chi connectivity index (χ2n) is 11.0. The Kier molecular flexibility index (Phi) is 8.05. The fraction of sp³-hybridized carbons (Fsp3) is 0.481. The van der Waals surface area contributed by atoms with E-state index in [4.69, 9.17) is 18.8 Å². The number of hydrogen-bond donors (Lipinski definition) is 2. The third kappa shape index (κ3) is 7.01. The summed E-state index contributed by atoms with van der Waals surface area (Å²) in [5.41, 5.74) is 0.497. The van der Waals surface area contributed by atoms with Crippen LogP contribution < -0.4 is 15.5 Å². The lowest BCUT2D eigenvalue weighted by Gasteiger charge is -2.32. The van der Waals surface area contributed by atoms with Crippen LogP contribution in [0.5, 0.6) is 5.75 Å². The molecule has 0 bridgehead atoms. The lowest BCUT2D eigenvalue weighted by atomic mass is 9.78. The molecule has 2 aromatic carbocycles. The van der Waals surface area contributed by atoms with Crippen molar-refractivity contribution in [3.8, 4) is 5.75 Å². The van der Waals surface area contributed by atoms with Crippen LogP contribution in [0.25, 0.3) is 0 Å². The zero-order chi connectivity index (χ0) is 26.7. The Morgan fingerprint density at radius 1 is 1.03 bits per heavy atom. The van der Waals surface area contributed by atoms with Crippen molar-refractivity contribution in [3.05, 3.63) is 59.7 Å². The number of hydrogen-bond acceptors (Lipinski definition) is 6. The SMILES string of the molecule is CC(C)(C)OC(=O)N[C@@H](Cc1cc(B2OC(C)(C)C(C)(C)O2)ccc1OCc1ccccc1)C(=O)O. The Hall–Kier alpha value is -3.04. The number of benzene rings is 2. The first-order valence-electron chi connectivity index (χ1n) is 12.0. The summed E-state index contributed by atoms with van der Waals surface area (Å²) in [4.78, 5) is 24.4. The minimum absolute atomic E-state index is 0.0218. The van der Waals surface area contributed by atoms with Gasteiger partial charge >= 0.3 is 19.2 Å². The molecule has 8 nitrogen and oxygen atoms in total. The molecule has 1 atom stereocenters. The molecule has 0 spiro atoms. The highest BCUT2D eigenvalue weighted by Gasteiger charge is 2.51. The number of aliphatic carboxylic acids is 1. The van der Waals surface area contributed by atoms with Gasteiger partial charge in [-0.05, 0) is 71.1 Å². The largest absolute Gasteiger partial charge is 0.494 e. The molecule has 1 aliphatic heterocycles. The zero-order valence-electron chi connectivity index (χ0n) is 22.1. The molecule has 2 N–H and O–H groups in total. The van der Waals surface area contributed by atoms with E-state index in [9.17, 15) is 14.7 Å². The first kappa shape index (κ1) is 27.6. The molecule has 0 unspecified atom stereocenters. The highest BCUT2D eigenvalue weighted by molar-refractivity contribution is 6.62. The summed E-state index contributed by atoms with van der Waals surface area (Å²) in [5, 5.41) is 12.3. The molecule has 194 valence electrons. The van der Waals surface area contributed by atoms with Crippen molar-refractivity contribution in [2.45, 2.75) is 84.3 Å². The van der Waals surface area contributed by atoms with Gasteiger partial charge in [-0.2, -0.15) is 0 Å². The summed E-state index contributed by atoms with van der Waals surface area (Å²) in [7, 11) is -0.626. The van der Waals surface area contributed by atoms with E-state index in [2.05, 4.69) is 5.32 Å². The van der Waals surface area contributed by atoms with Gasteiger partial charge in [0.15, 0.2) is 0 Å². The highest BCUT2D eigenvalue weighted by Crippen LogP contribution is 2.36. The molecule has 1 saturated heterocycles. The number of rotatable bonds is 8. The number of alkyl carbamates (subject to hydrolysis) is 1. The molecule has 0 radical (unpaired) electrons. The van der Waals surface area contributed by atoms with Crippen LogP contribution >= 0.6 is 0 Å². The standard InChI is InChI=1S/C27H36BNO7/c1-25(2,3)34-24(32)29-21(23(30)31)16-19-15-20(28-35-26(4,5)27(6,7)36-28)13-14-22(19)33-17-18-11-9-8-10-12-18/h8-15,21H,16-17H2,1-7H3,(H,29,32)(H,30,31)/t21-/m0/s1. The van der Waals surface area contributed by atoms with E-state index in [1.165, 1.54) is 0 Å². The molecule has 1 heterocycles. The van der Waals surface area contributed by atoms with Crippen molar-refractivity contribution in [2.24, 2.45) is 0 Å². The third-order valence-corrected chi connectivity index (χ3v) is 6.26. The number of ether oxygens (including phenoxy) is 2. The van der Waals surface area contributed by atoms with E-state index in [1.54, 1.807) is 26.8 Å². The molecule has 0 aliphatic carbocycles. The van der Waals surface area contributed by atoms with Crippen LogP contribution in [0.1, 0.15) is 59.6 Å². The average molecular weight is 497 g/mol. The van der Waals surface area contributed by atoms with Gasteiger partial charge in [-0.1, -0.05) is 42.5 Å². The van der Waals surface area contributed by atoms with Gasteiger partial charge in [0.25, 0.3) is 0 Å². The first-order valence-corrected chi connectivity index (χ1v) is 12.0. The average Bonchev–Trinajstić information content (AvgIpc) is 2.98. The normalized spacial score (nSPS) is 17.4. The summed E-state index contributed by atoms with van der Waals surface area (Å²) in [5.74, 6) is -0.674. The van der Waals surface area contributed by atoms with E-state index in [0.29, 0.717) is 17.9 Å². The van der Waals surface area contributed by atoms with Crippen molar-refractivity contribution in [1.82, 2.24) is 5.32 Å². The number of amides is 1. The molecule has 0 aromatic heterocycles. The molecular formula is C27H36BNO7. The minimum atomic E-state index is -1.23. The number of nitrogens with one attached hydrogen (secondary N) is 1. The summed E-state index contributed by atoms with van der Waals surface area (Å²) < 4.78 is 23.7. The van der Waals surface area contributed by atoms with Crippen molar-refractivity contribution in [3.63, 3.8) is 0 Å². The molecule has 9 heteroatoms. The minimum Gasteiger partial charge on any atom is -0.489 e. The molecule has 1 fully saturated rings. The number of carboxylic acids is 1. The van der Waals surface area contributed by atoms with Gasteiger partial charge in [0, 0.05) is 6.42 Å². The molecular weight excluding hydrogens is 461 g/mol. The van der Waals surface area contributed by atoms with Gasteiger partial charge in [0.2, 0.25) is 0 Å². The predicted molar refractivity (Wildman–Crippen MR) is 137 cm³/mol. The second kappa shape index (κ2) is 10.5. The Balaban J connectivity index is 1.89. The number of carbonyl (C=O) groups is 2. The zero-order valence-corrected chi connectivity index (χ0v) is 22.1. The van der Waals surface area contributed by atoms with Crippen LogP contribution in [-0.2, 0) is 31.9 Å². The topological polar surface area (TPSA) is 103 Å². The van der Waals surface area contributed by atoms with Crippen LogP contribution in [0.3, 0.4) is 0 Å². The van der Waals surface area contributed by atoms with Gasteiger partial charge in [-0.3, -0.25) is 0 Å². The lowest BCUT2D eigenvalue weighted by Crippen LogP contribution is -2.45. The van der Waals surface area contributed by atoms with Gasteiger partial charge < -0.3 is 29.2 Å². The van der Waals surface area contributed by atoms with Gasteiger partial charge in [-0.25, -0.2) is 9.59 Å². The molecule has 36 heavy (non-hydrogen) atoms. The van der Waals surface area contributed by atoms with Crippen LogP contribution in [0.2, 0.25) is 0 Å². The van der Waals surface area contributed by atoms with Gasteiger partial charge in [0.1, 0.15) is 24.0 Å². The predicted octanol–water partition coefficient (Wildman–Crippen LogP) is 4.09. The smallest absolute Gasteiger partial charge is 0.489 e. The first-order chi connectivity index (χ1) is 16.7. The quantitative estimate of drug-likeness (QED) is 0.530. The van der Waals surface area contributed by atoms with Crippen molar-refractivity contribution in [2.75, 3.05) is 0 Å². The van der Waals surface area contributed by atoms with E-state index >= 15 is 0 Å². The van der Waals surface area contributed by atoms with E-state index in [0.717, 1.165) is 11.0 Å². The molecule has 0 saturated carbocycles. The van der Waals surface area contributed by atoms with Crippen LogP contribution in [-0.4, -0.2) is 47.1 Å². The Morgan fingerprint density at radius 2 is 1.64 bits per heavy atom. The molecule has 1 aliphatic rings. The summed E-state index contributed by atoms with van der Waals surface area (Å²) in [6.07, 6.45) is -0.824. The monoisotopic (exact) mass is 497 g/mol. The fourth-order valence-electron chi connectivity index (χ4n) is 3.63. The molecule has 1 amide bonds. The van der Waals surface area contributed by atoms with E-state index in [-0.39, 0.29) is 6.42 Å². The second-order valence-corrected chi connectivity index (χ2v) is 11.0. The highest BCUT2D eigenvalue weighted by atomic mass is 16.7. The van der Waals surface area contributed by atoms with Gasteiger partial charge in [-0.15, -0.1) is 0 Å². The summed E-state index contributed by atoms with van der Waals surface area (Å²) >= 11 is 0. The van der Waals surface area contributed by atoms with Crippen molar-refractivity contribution in [1.29, 1.82) is 0 Å². The summed E-state index contributed by atoms with van der Waals surface area (Å²) in [6, 6.07) is 13.9. The van der Waals surface area contributed by atoms with Gasteiger partial charge in [0.05, 0.1) is 11.2 Å². The van der Waals surface area contributed by atoms with E-state index in [1.807, 2.05) is 70.2 Å². The maximum absolute atomic E-state index is 12.3. The molecule has 2 aromatic rings. The van der Waals surface area contributed by atoms with Crippen molar-refractivity contribution >= 4 is 24.6 Å². The maximum Gasteiger partial charge on any atom is 0.494 e. The Labute approximate surface area is 213 Å². The third-order valence-electron chi connectivity index (χ3n) is 6.26. The fourth-order valence-corrected chi connectivity index (χ4v) is 3.63. The Bertz CT molecular complexity index is 1060.